The summed E-state index contributed by atoms with van der Waals surface area (Å²) in [5, 5.41) is 11.0. The number of benzene rings is 1. The smallest absolute Gasteiger partial charge is 0.294 e. The van der Waals surface area contributed by atoms with Crippen LogP contribution in [0.25, 0.3) is 0 Å². The second-order valence-electron chi connectivity index (χ2n) is 6.58. The lowest BCUT2D eigenvalue weighted by Gasteiger charge is -2.27. The topological polar surface area (TPSA) is 70.5 Å². The highest BCUT2D eigenvalue weighted by atomic mass is 35.5. The fraction of sp³-hybridized carbons (Fsp3) is 0.250. The first-order valence-electron chi connectivity index (χ1n) is 8.30. The van der Waals surface area contributed by atoms with Crippen molar-refractivity contribution in [3.63, 3.8) is 0 Å². The molecule has 1 atom stereocenters. The average molecular weight is 371 g/mol. The van der Waals surface area contributed by atoms with E-state index in [1.807, 2.05) is 6.92 Å². The molecule has 1 N–H and O–H groups in total. The Morgan fingerprint density at radius 3 is 2.62 bits per heavy atom. The van der Waals surface area contributed by atoms with Gasteiger partial charge in [-0.15, -0.1) is 0 Å². The van der Waals surface area contributed by atoms with Gasteiger partial charge < -0.3 is 5.11 Å². The van der Waals surface area contributed by atoms with Gasteiger partial charge in [-0.25, -0.2) is 0 Å². The van der Waals surface area contributed by atoms with Gasteiger partial charge in [0.2, 0.25) is 0 Å². The van der Waals surface area contributed by atoms with Crippen molar-refractivity contribution in [3.8, 4) is 0 Å². The molecule has 0 aliphatic carbocycles. The number of pyridine rings is 1. The van der Waals surface area contributed by atoms with E-state index in [4.69, 9.17) is 11.6 Å². The van der Waals surface area contributed by atoms with Gasteiger partial charge in [-0.2, -0.15) is 0 Å². The summed E-state index contributed by atoms with van der Waals surface area (Å²) in [7, 11) is 0. The lowest BCUT2D eigenvalue weighted by molar-refractivity contribution is -0.119. The third kappa shape index (κ3) is 2.99. The fourth-order valence-corrected chi connectivity index (χ4v) is 3.19. The molecule has 26 heavy (non-hydrogen) atoms. The molecule has 1 aliphatic rings. The lowest BCUT2D eigenvalue weighted by atomic mass is 9.92. The number of ketones is 1. The van der Waals surface area contributed by atoms with Crippen LogP contribution < -0.4 is 4.90 Å². The molecular weight excluding hydrogens is 352 g/mol. The minimum absolute atomic E-state index is 0.0923. The van der Waals surface area contributed by atoms with Gasteiger partial charge in [0.25, 0.3) is 5.91 Å². The lowest BCUT2D eigenvalue weighted by Crippen LogP contribution is -2.31. The molecule has 0 radical (unpaired) electrons. The van der Waals surface area contributed by atoms with Crippen molar-refractivity contribution >= 4 is 29.0 Å². The number of aliphatic hydroxyl groups is 1. The van der Waals surface area contributed by atoms with Gasteiger partial charge in [-0.3, -0.25) is 19.5 Å². The van der Waals surface area contributed by atoms with Gasteiger partial charge >= 0.3 is 0 Å². The van der Waals surface area contributed by atoms with Crippen LogP contribution in [0.2, 0.25) is 5.02 Å². The summed E-state index contributed by atoms with van der Waals surface area (Å²) >= 11 is 6.23. The summed E-state index contributed by atoms with van der Waals surface area (Å²) in [4.78, 5) is 31.1. The number of rotatable bonds is 4. The molecular formula is C20H19ClN2O3. The van der Waals surface area contributed by atoms with E-state index in [-0.39, 0.29) is 17.3 Å². The SMILES string of the molecule is Cc1ccc(N2C(=O)C(O)=C(C(=O)C(C)C)C2c2cccnc2)cc1Cl. The molecule has 2 heterocycles. The molecule has 1 aromatic heterocycles. The van der Waals surface area contributed by atoms with E-state index in [2.05, 4.69) is 4.98 Å². The number of aryl methyl sites for hydroxylation is 1. The highest BCUT2D eigenvalue weighted by Crippen LogP contribution is 2.42. The summed E-state index contributed by atoms with van der Waals surface area (Å²) in [6.45, 7) is 5.33. The highest BCUT2D eigenvalue weighted by Gasteiger charge is 2.44. The highest BCUT2D eigenvalue weighted by molar-refractivity contribution is 6.31. The molecule has 6 heteroatoms. The third-order valence-corrected chi connectivity index (χ3v) is 4.84. The van der Waals surface area contributed by atoms with Crippen LogP contribution in [-0.4, -0.2) is 21.8 Å². The molecule has 3 rings (SSSR count). The predicted octanol–water partition coefficient (Wildman–Crippen LogP) is 4.17. The summed E-state index contributed by atoms with van der Waals surface area (Å²) < 4.78 is 0. The first-order chi connectivity index (χ1) is 12.3. The van der Waals surface area contributed by atoms with E-state index in [0.717, 1.165) is 5.56 Å². The van der Waals surface area contributed by atoms with E-state index >= 15 is 0 Å². The molecule has 1 aromatic carbocycles. The molecule has 0 saturated carbocycles. The molecule has 0 bridgehead atoms. The fourth-order valence-electron chi connectivity index (χ4n) is 3.02. The third-order valence-electron chi connectivity index (χ3n) is 4.43. The van der Waals surface area contributed by atoms with Gasteiger partial charge in [0.05, 0.1) is 11.6 Å². The zero-order valence-electron chi connectivity index (χ0n) is 14.7. The Balaban J connectivity index is 2.19. The summed E-state index contributed by atoms with van der Waals surface area (Å²) in [6.07, 6.45) is 3.20. The van der Waals surface area contributed by atoms with Gasteiger partial charge in [0, 0.05) is 29.0 Å². The largest absolute Gasteiger partial charge is 0.503 e. The Morgan fingerprint density at radius 2 is 2.04 bits per heavy atom. The zero-order chi connectivity index (χ0) is 19.0. The maximum Gasteiger partial charge on any atom is 0.294 e. The summed E-state index contributed by atoms with van der Waals surface area (Å²) in [5.74, 6) is -1.77. The Kier molecular flexibility index (Phi) is 4.83. The molecule has 2 aromatic rings. The Labute approximate surface area is 156 Å². The van der Waals surface area contributed by atoms with Crippen LogP contribution in [-0.2, 0) is 9.59 Å². The minimum atomic E-state index is -0.745. The molecule has 0 fully saturated rings. The molecule has 134 valence electrons. The van der Waals surface area contributed by atoms with Crippen LogP contribution >= 0.6 is 11.6 Å². The number of hydrogen-bond acceptors (Lipinski definition) is 4. The van der Waals surface area contributed by atoms with Crippen LogP contribution in [0.4, 0.5) is 5.69 Å². The van der Waals surface area contributed by atoms with Crippen molar-refractivity contribution in [3.05, 3.63) is 70.2 Å². The van der Waals surface area contributed by atoms with Gasteiger partial charge in [0.1, 0.15) is 0 Å². The van der Waals surface area contributed by atoms with Crippen LogP contribution in [0.1, 0.15) is 31.0 Å². The number of amides is 1. The number of halogens is 1. The summed E-state index contributed by atoms with van der Waals surface area (Å²) in [6, 6.07) is 7.97. The number of nitrogens with zero attached hydrogens (tertiary/aromatic N) is 2. The van der Waals surface area contributed by atoms with Crippen LogP contribution in [0.15, 0.2) is 54.1 Å². The number of aliphatic hydroxyl groups excluding tert-OH is 1. The minimum Gasteiger partial charge on any atom is -0.503 e. The van der Waals surface area contributed by atoms with Crippen LogP contribution in [0.5, 0.6) is 0 Å². The Bertz CT molecular complexity index is 907. The number of Topliss-reactive ketones (excluding diaryl/α,β-unsaturated/α-hetero) is 1. The number of carbonyl (C=O) groups is 2. The Hall–Kier alpha value is -2.66. The van der Waals surface area contributed by atoms with Crippen LogP contribution in [0.3, 0.4) is 0 Å². The zero-order valence-corrected chi connectivity index (χ0v) is 15.5. The number of hydrogen-bond donors (Lipinski definition) is 1. The van der Waals surface area contributed by atoms with E-state index in [1.165, 1.54) is 4.90 Å². The molecule has 5 nitrogen and oxygen atoms in total. The number of carbonyl (C=O) groups excluding carboxylic acids is 2. The van der Waals surface area contributed by atoms with Crippen molar-refractivity contribution in [2.24, 2.45) is 5.92 Å². The number of aromatic nitrogens is 1. The van der Waals surface area contributed by atoms with Crippen molar-refractivity contribution in [2.45, 2.75) is 26.8 Å². The monoisotopic (exact) mass is 370 g/mol. The van der Waals surface area contributed by atoms with E-state index in [0.29, 0.717) is 16.3 Å². The Morgan fingerprint density at radius 1 is 1.31 bits per heavy atom. The molecule has 1 unspecified atom stereocenters. The molecule has 1 amide bonds. The van der Waals surface area contributed by atoms with E-state index in [9.17, 15) is 14.7 Å². The van der Waals surface area contributed by atoms with Crippen LogP contribution in [0, 0.1) is 12.8 Å². The number of anilines is 1. The first kappa shape index (κ1) is 18.1. The molecule has 0 spiro atoms. The summed E-state index contributed by atoms with van der Waals surface area (Å²) in [5.41, 5.74) is 2.12. The maximum absolute atomic E-state index is 12.8. The first-order valence-corrected chi connectivity index (χ1v) is 8.67. The second-order valence-corrected chi connectivity index (χ2v) is 6.99. The van der Waals surface area contributed by atoms with Crippen molar-refractivity contribution < 1.29 is 14.7 Å². The average Bonchev–Trinajstić information content (AvgIpc) is 2.89. The molecule has 1 aliphatic heterocycles. The normalized spacial score (nSPS) is 17.3. The van der Waals surface area contributed by atoms with E-state index < -0.39 is 17.7 Å². The standard InChI is InChI=1S/C20H19ClN2O3/c1-11(2)18(24)16-17(13-5-4-8-22-10-13)23(20(26)19(16)25)14-7-6-12(3)15(21)9-14/h4-11,17,25H,1-3H3. The second kappa shape index (κ2) is 6.92. The van der Waals surface area contributed by atoms with Gasteiger partial charge in [-0.1, -0.05) is 37.6 Å². The predicted molar refractivity (Wildman–Crippen MR) is 100 cm³/mol. The van der Waals surface area contributed by atoms with Gasteiger partial charge in [-0.05, 0) is 36.2 Å². The van der Waals surface area contributed by atoms with Crippen molar-refractivity contribution in [1.82, 2.24) is 4.98 Å². The van der Waals surface area contributed by atoms with E-state index in [1.54, 1.807) is 56.6 Å². The quantitative estimate of drug-likeness (QED) is 0.876. The van der Waals surface area contributed by atoms with Crippen molar-refractivity contribution in [2.75, 3.05) is 4.90 Å². The molecule has 0 saturated heterocycles. The van der Waals surface area contributed by atoms with Gasteiger partial charge in [0.15, 0.2) is 11.5 Å². The van der Waals surface area contributed by atoms with Crippen molar-refractivity contribution in [1.29, 1.82) is 0 Å². The maximum atomic E-state index is 12.8.